The molecule has 0 aliphatic rings. The zero-order chi connectivity index (χ0) is 16.1. The Bertz CT molecular complexity index is 385. The average molecular weight is 288 g/mol. The summed E-state index contributed by atoms with van der Waals surface area (Å²) >= 11 is 0. The van der Waals surface area contributed by atoms with Crippen molar-refractivity contribution < 1.29 is 24.2 Å². The first-order valence-corrected chi connectivity index (χ1v) is 6.33. The molecule has 116 valence electrons. The van der Waals surface area contributed by atoms with E-state index in [0.29, 0.717) is 0 Å². The predicted octanol–water partition coefficient (Wildman–Crippen LogP) is 0.273. The third-order valence-corrected chi connectivity index (χ3v) is 3.65. The van der Waals surface area contributed by atoms with Crippen LogP contribution in [0, 0.1) is 5.41 Å². The van der Waals surface area contributed by atoms with Crippen molar-refractivity contribution >= 4 is 17.8 Å². The van der Waals surface area contributed by atoms with Gasteiger partial charge in [-0.3, -0.25) is 9.59 Å². The summed E-state index contributed by atoms with van der Waals surface area (Å²) in [6, 6.07) is -1.15. The molecule has 0 rings (SSSR count). The lowest BCUT2D eigenvalue weighted by Crippen LogP contribution is -2.58. The molecular weight excluding hydrogens is 264 g/mol. The molecule has 0 fully saturated rings. The van der Waals surface area contributed by atoms with Crippen LogP contribution < -0.4 is 11.1 Å². The molecule has 7 nitrogen and oxygen atoms in total. The second kappa shape index (κ2) is 6.69. The maximum absolute atomic E-state index is 12.2. The minimum Gasteiger partial charge on any atom is -0.480 e. The summed E-state index contributed by atoms with van der Waals surface area (Å²) in [6.07, 6.45) is -0.116. The molecule has 0 aromatic rings. The highest BCUT2D eigenvalue weighted by Gasteiger charge is 2.41. The highest BCUT2D eigenvalue weighted by Crippen LogP contribution is 2.28. The van der Waals surface area contributed by atoms with Crippen molar-refractivity contribution in [3.63, 3.8) is 0 Å². The SMILES string of the molecule is COC(=O)CCC(NC(=O)C(C)(C)C(C)(C)N)C(=O)O. The Kier molecular flexibility index (Phi) is 6.15. The molecule has 20 heavy (non-hydrogen) atoms. The first kappa shape index (κ1) is 18.4. The number of methoxy groups -OCH3 is 1. The highest BCUT2D eigenvalue weighted by molar-refractivity contribution is 5.88. The fraction of sp³-hybridized carbons (Fsp3) is 0.769. The summed E-state index contributed by atoms with van der Waals surface area (Å²) in [5.41, 5.74) is 4.16. The van der Waals surface area contributed by atoms with Gasteiger partial charge < -0.3 is 20.9 Å². The van der Waals surface area contributed by atoms with Gasteiger partial charge in [0.05, 0.1) is 12.5 Å². The van der Waals surface area contributed by atoms with Crippen molar-refractivity contribution in [2.75, 3.05) is 7.11 Å². The van der Waals surface area contributed by atoms with Gasteiger partial charge in [0, 0.05) is 12.0 Å². The van der Waals surface area contributed by atoms with E-state index in [1.165, 1.54) is 7.11 Å². The van der Waals surface area contributed by atoms with Gasteiger partial charge in [0.25, 0.3) is 0 Å². The van der Waals surface area contributed by atoms with Crippen LogP contribution in [-0.4, -0.2) is 41.6 Å². The van der Waals surface area contributed by atoms with Gasteiger partial charge in [0.15, 0.2) is 0 Å². The van der Waals surface area contributed by atoms with E-state index in [1.54, 1.807) is 27.7 Å². The number of carbonyl (C=O) groups is 3. The quantitative estimate of drug-likeness (QED) is 0.579. The topological polar surface area (TPSA) is 119 Å². The second-order valence-corrected chi connectivity index (χ2v) is 5.83. The smallest absolute Gasteiger partial charge is 0.326 e. The fourth-order valence-corrected chi connectivity index (χ4v) is 1.25. The first-order valence-electron chi connectivity index (χ1n) is 6.33. The van der Waals surface area contributed by atoms with Crippen LogP contribution in [0.5, 0.6) is 0 Å². The van der Waals surface area contributed by atoms with Gasteiger partial charge in [0.1, 0.15) is 6.04 Å². The number of nitrogens with two attached hydrogens (primary N) is 1. The number of hydrogen-bond donors (Lipinski definition) is 3. The number of nitrogens with one attached hydrogen (secondary N) is 1. The number of carboxylic acid groups (broad SMARTS) is 1. The number of rotatable bonds is 7. The lowest BCUT2D eigenvalue weighted by molar-refractivity contribution is -0.146. The van der Waals surface area contributed by atoms with Crippen molar-refractivity contribution in [3.05, 3.63) is 0 Å². The molecule has 0 saturated heterocycles. The molecular formula is C13H24N2O5. The van der Waals surface area contributed by atoms with Crippen molar-refractivity contribution in [1.29, 1.82) is 0 Å². The molecule has 4 N–H and O–H groups in total. The van der Waals surface area contributed by atoms with E-state index < -0.39 is 34.8 Å². The van der Waals surface area contributed by atoms with Crippen LogP contribution >= 0.6 is 0 Å². The maximum atomic E-state index is 12.2. The molecule has 7 heteroatoms. The Hall–Kier alpha value is -1.63. The molecule has 1 amide bonds. The maximum Gasteiger partial charge on any atom is 0.326 e. The summed E-state index contributed by atoms with van der Waals surface area (Å²) in [6.45, 7) is 6.66. The lowest BCUT2D eigenvalue weighted by Gasteiger charge is -2.37. The van der Waals surface area contributed by atoms with Crippen LogP contribution in [0.1, 0.15) is 40.5 Å². The summed E-state index contributed by atoms with van der Waals surface area (Å²) in [4.78, 5) is 34.3. The summed E-state index contributed by atoms with van der Waals surface area (Å²) in [5, 5.41) is 11.5. The van der Waals surface area contributed by atoms with Crippen molar-refractivity contribution in [1.82, 2.24) is 5.32 Å². The van der Waals surface area contributed by atoms with Crippen LogP contribution in [0.15, 0.2) is 0 Å². The van der Waals surface area contributed by atoms with E-state index in [9.17, 15) is 14.4 Å². The molecule has 0 heterocycles. The van der Waals surface area contributed by atoms with E-state index >= 15 is 0 Å². The first-order chi connectivity index (χ1) is 8.93. The van der Waals surface area contributed by atoms with E-state index in [0.717, 1.165) is 0 Å². The van der Waals surface area contributed by atoms with Crippen LogP contribution in [0.25, 0.3) is 0 Å². The van der Waals surface area contributed by atoms with Gasteiger partial charge in [-0.1, -0.05) is 0 Å². The molecule has 0 radical (unpaired) electrons. The third kappa shape index (κ3) is 4.80. The Labute approximate surface area is 118 Å². The monoisotopic (exact) mass is 288 g/mol. The minimum atomic E-state index is -1.20. The molecule has 0 bridgehead atoms. The number of aliphatic carboxylic acids is 1. The normalized spacial score (nSPS) is 13.5. The molecule has 0 aliphatic heterocycles. The number of hydrogen-bond acceptors (Lipinski definition) is 5. The molecule has 0 aromatic heterocycles. The Morgan fingerprint density at radius 3 is 2.10 bits per heavy atom. The number of ether oxygens (including phenoxy) is 1. The summed E-state index contributed by atoms with van der Waals surface area (Å²) < 4.78 is 4.44. The number of carbonyl (C=O) groups excluding carboxylic acids is 2. The van der Waals surface area contributed by atoms with Gasteiger partial charge in [-0.2, -0.15) is 0 Å². The number of amides is 1. The minimum absolute atomic E-state index is 0.0329. The Balaban J connectivity index is 4.81. The van der Waals surface area contributed by atoms with Crippen LogP contribution in [0.3, 0.4) is 0 Å². The van der Waals surface area contributed by atoms with Crippen LogP contribution in [0.2, 0.25) is 0 Å². The van der Waals surface area contributed by atoms with E-state index in [2.05, 4.69) is 10.1 Å². The Morgan fingerprint density at radius 1 is 1.25 bits per heavy atom. The van der Waals surface area contributed by atoms with E-state index in [4.69, 9.17) is 10.8 Å². The van der Waals surface area contributed by atoms with Gasteiger partial charge in [0.2, 0.25) is 5.91 Å². The molecule has 1 unspecified atom stereocenters. The largest absolute Gasteiger partial charge is 0.480 e. The fourth-order valence-electron chi connectivity index (χ4n) is 1.25. The molecule has 0 aliphatic carbocycles. The van der Waals surface area contributed by atoms with Crippen LogP contribution in [0.4, 0.5) is 0 Å². The predicted molar refractivity (Wildman–Crippen MR) is 72.9 cm³/mol. The van der Waals surface area contributed by atoms with E-state index in [1.807, 2.05) is 0 Å². The lowest BCUT2D eigenvalue weighted by atomic mass is 9.74. The molecule has 1 atom stereocenters. The second-order valence-electron chi connectivity index (χ2n) is 5.83. The van der Waals surface area contributed by atoms with Crippen LogP contribution in [-0.2, 0) is 19.1 Å². The highest BCUT2D eigenvalue weighted by atomic mass is 16.5. The number of esters is 1. The number of carboxylic acids is 1. The average Bonchev–Trinajstić information content (AvgIpc) is 2.31. The zero-order valence-electron chi connectivity index (χ0n) is 12.6. The van der Waals surface area contributed by atoms with Crippen molar-refractivity contribution in [3.8, 4) is 0 Å². The van der Waals surface area contributed by atoms with Gasteiger partial charge in [-0.25, -0.2) is 4.79 Å². The summed E-state index contributed by atoms with van der Waals surface area (Å²) in [7, 11) is 1.22. The molecule has 0 aromatic carbocycles. The zero-order valence-corrected chi connectivity index (χ0v) is 12.6. The van der Waals surface area contributed by atoms with E-state index in [-0.39, 0.29) is 12.8 Å². The van der Waals surface area contributed by atoms with Gasteiger partial charge in [-0.05, 0) is 34.1 Å². The standard InChI is InChI=1S/C13H24N2O5/c1-12(2,13(3,4)14)11(19)15-8(10(17)18)6-7-9(16)20-5/h8H,6-7,14H2,1-5H3,(H,15,19)(H,17,18). The summed E-state index contributed by atoms with van der Waals surface area (Å²) in [5.74, 6) is -2.20. The molecule has 0 spiro atoms. The van der Waals surface area contributed by atoms with Crippen molar-refractivity contribution in [2.24, 2.45) is 11.1 Å². The van der Waals surface area contributed by atoms with Crippen molar-refractivity contribution in [2.45, 2.75) is 52.1 Å². The van der Waals surface area contributed by atoms with Gasteiger partial charge in [-0.15, -0.1) is 0 Å². The molecule has 0 saturated carbocycles. The van der Waals surface area contributed by atoms with Gasteiger partial charge >= 0.3 is 11.9 Å². The Morgan fingerprint density at radius 2 is 1.75 bits per heavy atom. The third-order valence-electron chi connectivity index (χ3n) is 3.65.